The van der Waals surface area contributed by atoms with Gasteiger partial charge >= 0.3 is 6.18 Å². The molecule has 0 fully saturated rings. The molecule has 19 heavy (non-hydrogen) atoms. The zero-order chi connectivity index (χ0) is 13.9. The van der Waals surface area contributed by atoms with Gasteiger partial charge in [-0.1, -0.05) is 23.4 Å². The Kier molecular flexibility index (Phi) is 3.84. The maximum absolute atomic E-state index is 12.8. The molecule has 0 aliphatic heterocycles. The van der Waals surface area contributed by atoms with Crippen LogP contribution >= 0.6 is 0 Å². The predicted octanol–water partition coefficient (Wildman–Crippen LogP) is 2.52. The summed E-state index contributed by atoms with van der Waals surface area (Å²) in [6.07, 6.45) is -3.97. The Hall–Kier alpha value is -1.89. The molecule has 2 aromatic rings. The Morgan fingerprint density at radius 2 is 2.00 bits per heavy atom. The van der Waals surface area contributed by atoms with Crippen LogP contribution in [-0.4, -0.2) is 23.7 Å². The van der Waals surface area contributed by atoms with Crippen LogP contribution in [0.1, 0.15) is 11.5 Å². The van der Waals surface area contributed by atoms with E-state index in [0.717, 1.165) is 6.07 Å². The number of nitrogens with zero attached hydrogens (tertiary/aromatic N) is 2. The first-order valence-corrected chi connectivity index (χ1v) is 5.66. The first-order valence-electron chi connectivity index (χ1n) is 5.66. The summed E-state index contributed by atoms with van der Waals surface area (Å²) in [4.78, 5) is 3.97. The van der Waals surface area contributed by atoms with Crippen molar-refractivity contribution in [1.29, 1.82) is 0 Å². The summed E-state index contributed by atoms with van der Waals surface area (Å²) in [5, 5.41) is 6.49. The van der Waals surface area contributed by atoms with Crippen molar-refractivity contribution in [2.75, 3.05) is 13.6 Å². The fourth-order valence-corrected chi connectivity index (χ4v) is 1.62. The van der Waals surface area contributed by atoms with Gasteiger partial charge in [-0.2, -0.15) is 18.2 Å². The number of aromatic nitrogens is 2. The number of halogens is 3. The molecule has 1 heterocycles. The van der Waals surface area contributed by atoms with Crippen LogP contribution in [0.15, 0.2) is 28.8 Å². The van der Waals surface area contributed by atoms with Crippen LogP contribution in [0.5, 0.6) is 0 Å². The van der Waals surface area contributed by atoms with E-state index in [4.69, 9.17) is 4.52 Å². The van der Waals surface area contributed by atoms with Gasteiger partial charge in [-0.3, -0.25) is 0 Å². The summed E-state index contributed by atoms with van der Waals surface area (Å²) >= 11 is 0. The van der Waals surface area contributed by atoms with Crippen molar-refractivity contribution < 1.29 is 17.7 Å². The highest BCUT2D eigenvalue weighted by atomic mass is 19.4. The summed E-state index contributed by atoms with van der Waals surface area (Å²) < 4.78 is 43.5. The van der Waals surface area contributed by atoms with Crippen LogP contribution in [0.2, 0.25) is 0 Å². The van der Waals surface area contributed by atoms with Crippen molar-refractivity contribution in [3.63, 3.8) is 0 Å². The third-order valence-electron chi connectivity index (χ3n) is 2.53. The van der Waals surface area contributed by atoms with E-state index in [1.165, 1.54) is 18.2 Å². The van der Waals surface area contributed by atoms with Crippen molar-refractivity contribution in [2.24, 2.45) is 0 Å². The summed E-state index contributed by atoms with van der Waals surface area (Å²) in [5.41, 5.74) is -0.842. The summed E-state index contributed by atoms with van der Waals surface area (Å²) in [7, 11) is 1.76. The Bertz CT molecular complexity index is 551. The Labute approximate surface area is 107 Å². The maximum atomic E-state index is 12.8. The zero-order valence-electron chi connectivity index (χ0n) is 10.2. The maximum Gasteiger partial charge on any atom is 0.417 e. The van der Waals surface area contributed by atoms with Gasteiger partial charge in [0.05, 0.1) is 5.56 Å². The van der Waals surface area contributed by atoms with Crippen molar-refractivity contribution in [3.8, 4) is 11.4 Å². The van der Waals surface area contributed by atoms with Gasteiger partial charge in [0.1, 0.15) is 0 Å². The Balaban J connectivity index is 2.34. The first kappa shape index (κ1) is 13.5. The lowest BCUT2D eigenvalue weighted by atomic mass is 10.1. The molecule has 1 N–H and O–H groups in total. The molecule has 1 aromatic heterocycles. The van der Waals surface area contributed by atoms with E-state index in [1.54, 1.807) is 7.05 Å². The fourth-order valence-electron chi connectivity index (χ4n) is 1.62. The molecular formula is C12H12F3N3O. The lowest BCUT2D eigenvalue weighted by molar-refractivity contribution is -0.137. The quantitative estimate of drug-likeness (QED) is 0.928. The molecule has 0 unspecified atom stereocenters. The van der Waals surface area contributed by atoms with Crippen LogP contribution in [-0.2, 0) is 12.6 Å². The first-order chi connectivity index (χ1) is 9.02. The predicted molar refractivity (Wildman–Crippen MR) is 62.4 cm³/mol. The lowest BCUT2D eigenvalue weighted by Gasteiger charge is -2.09. The molecule has 0 radical (unpaired) electrons. The second-order valence-electron chi connectivity index (χ2n) is 3.91. The largest absolute Gasteiger partial charge is 0.417 e. The van der Waals surface area contributed by atoms with Gasteiger partial charge in [0.25, 0.3) is 0 Å². The van der Waals surface area contributed by atoms with Crippen molar-refractivity contribution in [2.45, 2.75) is 12.6 Å². The zero-order valence-corrected chi connectivity index (χ0v) is 10.2. The third kappa shape index (κ3) is 3.11. The molecule has 0 amide bonds. The third-order valence-corrected chi connectivity index (χ3v) is 2.53. The average molecular weight is 271 g/mol. The minimum Gasteiger partial charge on any atom is -0.339 e. The normalized spacial score (nSPS) is 11.8. The lowest BCUT2D eigenvalue weighted by Crippen LogP contribution is -2.10. The number of hydrogen-bond donors (Lipinski definition) is 1. The van der Waals surface area contributed by atoms with Crippen molar-refractivity contribution >= 4 is 0 Å². The van der Waals surface area contributed by atoms with Crippen LogP contribution in [0.4, 0.5) is 13.2 Å². The van der Waals surface area contributed by atoms with E-state index in [2.05, 4.69) is 15.5 Å². The van der Waals surface area contributed by atoms with E-state index in [9.17, 15) is 13.2 Å². The van der Waals surface area contributed by atoms with Crippen LogP contribution < -0.4 is 5.32 Å². The summed E-state index contributed by atoms with van der Waals surface area (Å²) in [6, 6.07) is 5.16. The van der Waals surface area contributed by atoms with Crippen molar-refractivity contribution in [3.05, 3.63) is 35.7 Å². The molecule has 2 rings (SSSR count). The fraction of sp³-hybridized carbons (Fsp3) is 0.333. The van der Waals surface area contributed by atoms with Gasteiger partial charge < -0.3 is 9.84 Å². The molecule has 0 saturated heterocycles. The second-order valence-corrected chi connectivity index (χ2v) is 3.91. The molecule has 0 aliphatic rings. The van der Waals surface area contributed by atoms with E-state index in [0.29, 0.717) is 18.9 Å². The van der Waals surface area contributed by atoms with Gasteiger partial charge in [-0.15, -0.1) is 0 Å². The topological polar surface area (TPSA) is 51.0 Å². The molecule has 0 atom stereocenters. The van der Waals surface area contributed by atoms with Gasteiger partial charge in [0.2, 0.25) is 11.7 Å². The van der Waals surface area contributed by atoms with Crippen LogP contribution in [0.3, 0.4) is 0 Å². The number of alkyl halides is 3. The minimum absolute atomic E-state index is 0.0426. The minimum atomic E-state index is -4.44. The molecule has 7 heteroatoms. The van der Waals surface area contributed by atoms with E-state index < -0.39 is 11.7 Å². The van der Waals surface area contributed by atoms with Gasteiger partial charge in [0.15, 0.2) is 0 Å². The summed E-state index contributed by atoms with van der Waals surface area (Å²) in [6.45, 7) is 0.614. The second kappa shape index (κ2) is 5.40. The van der Waals surface area contributed by atoms with E-state index in [1.807, 2.05) is 0 Å². The van der Waals surface area contributed by atoms with Crippen LogP contribution in [0.25, 0.3) is 11.4 Å². The Morgan fingerprint density at radius 3 is 2.68 bits per heavy atom. The SMILES string of the molecule is CNCCc1nc(-c2ccccc2C(F)(F)F)no1. The number of hydrogen-bond acceptors (Lipinski definition) is 4. The molecule has 0 spiro atoms. The average Bonchev–Trinajstić information content (AvgIpc) is 2.84. The Morgan fingerprint density at radius 1 is 1.26 bits per heavy atom. The highest BCUT2D eigenvalue weighted by molar-refractivity contribution is 5.60. The number of rotatable bonds is 4. The smallest absolute Gasteiger partial charge is 0.339 e. The summed E-state index contributed by atoms with van der Waals surface area (Å²) in [5.74, 6) is 0.264. The highest BCUT2D eigenvalue weighted by Gasteiger charge is 2.34. The molecule has 102 valence electrons. The molecule has 4 nitrogen and oxygen atoms in total. The number of nitrogens with one attached hydrogen (secondary N) is 1. The molecule has 0 bridgehead atoms. The molecule has 0 aliphatic carbocycles. The van der Waals surface area contributed by atoms with Crippen molar-refractivity contribution in [1.82, 2.24) is 15.5 Å². The standard InChI is InChI=1S/C12H12F3N3O/c1-16-7-6-10-17-11(18-19-10)8-4-2-3-5-9(8)12(13,14)15/h2-5,16H,6-7H2,1H3. The van der Waals surface area contributed by atoms with Crippen LogP contribution in [0, 0.1) is 0 Å². The van der Waals surface area contributed by atoms with Gasteiger partial charge in [-0.05, 0) is 13.1 Å². The monoisotopic (exact) mass is 271 g/mol. The highest BCUT2D eigenvalue weighted by Crippen LogP contribution is 2.35. The van der Waals surface area contributed by atoms with E-state index >= 15 is 0 Å². The molecular weight excluding hydrogens is 259 g/mol. The van der Waals surface area contributed by atoms with Gasteiger partial charge in [0, 0.05) is 18.5 Å². The van der Waals surface area contributed by atoms with Gasteiger partial charge in [-0.25, -0.2) is 0 Å². The molecule has 0 saturated carbocycles. The molecule has 1 aromatic carbocycles. The number of benzene rings is 1. The number of likely N-dealkylation sites (N-methyl/N-ethyl adjacent to an activating group) is 1. The van der Waals surface area contributed by atoms with E-state index in [-0.39, 0.29) is 11.4 Å².